The Kier molecular flexibility index (Phi) is 3.28. The lowest BCUT2D eigenvalue weighted by Gasteiger charge is -2.00. The minimum atomic E-state index is 0.471. The normalized spacial score (nSPS) is 10.7. The third-order valence-corrected chi connectivity index (χ3v) is 3.67. The van der Waals surface area contributed by atoms with E-state index in [0.717, 1.165) is 21.2 Å². The fourth-order valence-corrected chi connectivity index (χ4v) is 2.36. The van der Waals surface area contributed by atoms with Crippen molar-refractivity contribution in [1.29, 1.82) is 0 Å². The van der Waals surface area contributed by atoms with Crippen LogP contribution in [0.15, 0.2) is 51.5 Å². The van der Waals surface area contributed by atoms with Crippen molar-refractivity contribution < 1.29 is 4.52 Å². The van der Waals surface area contributed by atoms with Crippen molar-refractivity contribution in [3.05, 3.63) is 52.5 Å². The molecule has 1 aromatic heterocycles. The summed E-state index contributed by atoms with van der Waals surface area (Å²) in [7, 11) is 0. The van der Waals surface area contributed by atoms with Crippen LogP contribution < -0.4 is 5.73 Å². The molecule has 0 unspecified atom stereocenters. The molecule has 0 fully saturated rings. The molecule has 2 aromatic carbocycles. The molecule has 0 spiro atoms. The van der Waals surface area contributed by atoms with Gasteiger partial charge in [0.2, 0.25) is 5.82 Å². The molecule has 20 heavy (non-hydrogen) atoms. The van der Waals surface area contributed by atoms with Gasteiger partial charge in [-0.05, 0) is 47.1 Å². The van der Waals surface area contributed by atoms with Crippen molar-refractivity contribution in [2.24, 2.45) is 0 Å². The molecule has 2 N–H and O–H groups in total. The maximum Gasteiger partial charge on any atom is 0.259 e. The minimum Gasteiger partial charge on any atom is -0.398 e. The molecule has 0 saturated heterocycles. The third kappa shape index (κ3) is 2.32. The standard InChI is InChI=1S/C15H12BrN3O/c1-9-6-7-12(16)11(8-9)15-18-14(19-20-15)10-4-2-3-5-13(10)17/h2-8H,17H2,1H3. The van der Waals surface area contributed by atoms with Crippen molar-refractivity contribution in [3.8, 4) is 22.8 Å². The van der Waals surface area contributed by atoms with Crippen LogP contribution >= 0.6 is 15.9 Å². The highest BCUT2D eigenvalue weighted by atomic mass is 79.9. The van der Waals surface area contributed by atoms with Crippen molar-refractivity contribution in [2.75, 3.05) is 5.73 Å². The van der Waals surface area contributed by atoms with Gasteiger partial charge in [-0.15, -0.1) is 0 Å². The zero-order valence-electron chi connectivity index (χ0n) is 10.8. The predicted molar refractivity (Wildman–Crippen MR) is 82.0 cm³/mol. The third-order valence-electron chi connectivity index (χ3n) is 2.98. The Balaban J connectivity index is 2.07. The zero-order valence-corrected chi connectivity index (χ0v) is 12.4. The van der Waals surface area contributed by atoms with E-state index >= 15 is 0 Å². The van der Waals surface area contributed by atoms with Gasteiger partial charge in [0, 0.05) is 15.7 Å². The predicted octanol–water partition coefficient (Wildman–Crippen LogP) is 4.06. The topological polar surface area (TPSA) is 64.9 Å². The SMILES string of the molecule is Cc1ccc(Br)c(-c2nc(-c3ccccc3N)no2)c1. The van der Waals surface area contributed by atoms with Crippen LogP contribution in [0.4, 0.5) is 5.69 Å². The molecule has 3 rings (SSSR count). The summed E-state index contributed by atoms with van der Waals surface area (Å²) in [4.78, 5) is 4.43. The van der Waals surface area contributed by atoms with Crippen molar-refractivity contribution in [2.45, 2.75) is 6.92 Å². The van der Waals surface area contributed by atoms with E-state index in [4.69, 9.17) is 10.3 Å². The number of nitrogen functional groups attached to an aromatic ring is 1. The first-order valence-corrected chi connectivity index (χ1v) is 6.89. The number of nitrogens with zero attached hydrogens (tertiary/aromatic N) is 2. The van der Waals surface area contributed by atoms with Crippen LogP contribution in [0.1, 0.15) is 5.56 Å². The van der Waals surface area contributed by atoms with Crippen molar-refractivity contribution in [1.82, 2.24) is 10.1 Å². The van der Waals surface area contributed by atoms with Gasteiger partial charge in [0.05, 0.1) is 5.56 Å². The molecule has 0 saturated carbocycles. The Morgan fingerprint density at radius 2 is 1.90 bits per heavy atom. The number of hydrogen-bond donors (Lipinski definition) is 1. The smallest absolute Gasteiger partial charge is 0.259 e. The summed E-state index contributed by atoms with van der Waals surface area (Å²) in [6.07, 6.45) is 0. The molecule has 1 heterocycles. The first-order valence-electron chi connectivity index (χ1n) is 6.10. The van der Waals surface area contributed by atoms with E-state index in [2.05, 4.69) is 26.1 Å². The van der Waals surface area contributed by atoms with Crippen LogP contribution in [0.3, 0.4) is 0 Å². The molecule has 4 nitrogen and oxygen atoms in total. The molecule has 0 aliphatic rings. The van der Waals surface area contributed by atoms with Crippen LogP contribution in [-0.2, 0) is 0 Å². The number of halogens is 1. The monoisotopic (exact) mass is 329 g/mol. The molecule has 3 aromatic rings. The maximum atomic E-state index is 5.92. The van der Waals surface area contributed by atoms with Crippen molar-refractivity contribution in [3.63, 3.8) is 0 Å². The van der Waals surface area contributed by atoms with Gasteiger partial charge in [-0.25, -0.2) is 0 Å². The van der Waals surface area contributed by atoms with Crippen LogP contribution in [0.5, 0.6) is 0 Å². The van der Waals surface area contributed by atoms with Crippen molar-refractivity contribution >= 4 is 21.6 Å². The second kappa shape index (κ2) is 5.09. The van der Waals surface area contributed by atoms with Gasteiger partial charge in [0.25, 0.3) is 5.89 Å². The summed E-state index contributed by atoms with van der Waals surface area (Å²) in [5.41, 5.74) is 9.32. The Morgan fingerprint density at radius 1 is 1.10 bits per heavy atom. The number of rotatable bonds is 2. The summed E-state index contributed by atoms with van der Waals surface area (Å²) in [6, 6.07) is 13.4. The quantitative estimate of drug-likeness (QED) is 0.720. The van der Waals surface area contributed by atoms with Gasteiger partial charge < -0.3 is 10.3 Å². The molecule has 0 amide bonds. The Morgan fingerprint density at radius 3 is 2.70 bits per heavy atom. The van der Waals surface area contributed by atoms with E-state index in [0.29, 0.717) is 17.4 Å². The Hall–Kier alpha value is -2.14. The lowest BCUT2D eigenvalue weighted by atomic mass is 10.1. The van der Waals surface area contributed by atoms with E-state index in [1.54, 1.807) is 0 Å². The first-order chi connectivity index (χ1) is 9.65. The number of nitrogens with two attached hydrogens (primary N) is 1. The van der Waals surface area contributed by atoms with Gasteiger partial charge in [-0.3, -0.25) is 0 Å². The fourth-order valence-electron chi connectivity index (χ4n) is 1.95. The molecule has 0 radical (unpaired) electrons. The average molecular weight is 330 g/mol. The molecule has 100 valence electrons. The number of para-hydroxylation sites is 1. The van der Waals surface area contributed by atoms with E-state index in [1.165, 1.54) is 0 Å². The highest BCUT2D eigenvalue weighted by Gasteiger charge is 2.14. The van der Waals surface area contributed by atoms with Crippen LogP contribution in [-0.4, -0.2) is 10.1 Å². The summed E-state index contributed by atoms with van der Waals surface area (Å²) in [5, 5.41) is 4.01. The van der Waals surface area contributed by atoms with Crippen LogP contribution in [0.2, 0.25) is 0 Å². The second-order valence-electron chi connectivity index (χ2n) is 4.49. The van der Waals surface area contributed by atoms with Gasteiger partial charge in [0.15, 0.2) is 0 Å². The lowest BCUT2D eigenvalue weighted by molar-refractivity contribution is 0.432. The highest BCUT2D eigenvalue weighted by Crippen LogP contribution is 2.30. The molecular formula is C15H12BrN3O. The first kappa shape index (κ1) is 12.9. The van der Waals surface area contributed by atoms with E-state index in [1.807, 2.05) is 49.4 Å². The van der Waals surface area contributed by atoms with E-state index in [9.17, 15) is 0 Å². The summed E-state index contributed by atoms with van der Waals surface area (Å²) in [5.74, 6) is 0.963. The zero-order chi connectivity index (χ0) is 14.1. The fraction of sp³-hybridized carbons (Fsp3) is 0.0667. The molecule has 0 aliphatic heterocycles. The lowest BCUT2D eigenvalue weighted by Crippen LogP contribution is -1.90. The Bertz CT molecular complexity index is 767. The molecule has 0 aliphatic carbocycles. The molecule has 5 heteroatoms. The Labute approximate surface area is 124 Å². The number of anilines is 1. The number of aromatic nitrogens is 2. The number of benzene rings is 2. The molecular weight excluding hydrogens is 318 g/mol. The largest absolute Gasteiger partial charge is 0.398 e. The summed E-state index contributed by atoms with van der Waals surface area (Å²) < 4.78 is 6.27. The average Bonchev–Trinajstić information content (AvgIpc) is 2.91. The number of hydrogen-bond acceptors (Lipinski definition) is 4. The second-order valence-corrected chi connectivity index (χ2v) is 5.35. The highest BCUT2D eigenvalue weighted by molar-refractivity contribution is 9.10. The summed E-state index contributed by atoms with van der Waals surface area (Å²) >= 11 is 3.49. The number of aryl methyl sites for hydroxylation is 1. The van der Waals surface area contributed by atoms with Gasteiger partial charge in [-0.1, -0.05) is 28.9 Å². The van der Waals surface area contributed by atoms with Crippen LogP contribution in [0, 0.1) is 6.92 Å². The van der Waals surface area contributed by atoms with Gasteiger partial charge in [0.1, 0.15) is 0 Å². The molecule has 0 atom stereocenters. The van der Waals surface area contributed by atoms with Crippen LogP contribution in [0.25, 0.3) is 22.8 Å². The summed E-state index contributed by atoms with van der Waals surface area (Å²) in [6.45, 7) is 2.02. The minimum absolute atomic E-state index is 0.471. The van der Waals surface area contributed by atoms with Gasteiger partial charge in [-0.2, -0.15) is 4.98 Å². The maximum absolute atomic E-state index is 5.92. The van der Waals surface area contributed by atoms with Gasteiger partial charge >= 0.3 is 0 Å². The molecule has 0 bridgehead atoms. The van der Waals surface area contributed by atoms with E-state index in [-0.39, 0.29) is 0 Å². The van der Waals surface area contributed by atoms with E-state index < -0.39 is 0 Å².